The Balaban J connectivity index is 2.76. The molecule has 0 aliphatic carbocycles. The molecule has 0 amide bonds. The maximum Gasteiger partial charge on any atom is 0.133 e. The summed E-state index contributed by atoms with van der Waals surface area (Å²) in [6, 6.07) is 0. The summed E-state index contributed by atoms with van der Waals surface area (Å²) in [5.74, 6) is 0. The largest absolute Gasteiger partial charge is 0.351 e. The van der Waals surface area contributed by atoms with Crippen molar-refractivity contribution in [3.63, 3.8) is 0 Å². The van der Waals surface area contributed by atoms with E-state index >= 15 is 0 Å². The first-order chi connectivity index (χ1) is 3.43. The average Bonchev–Trinajstić information content (AvgIpc) is 2.14. The average molecular weight is 100 g/mol. The number of aromatic amines is 1. The number of nitrogens with one attached hydrogen (secondary N) is 1. The highest BCUT2D eigenvalue weighted by Gasteiger charge is 1.86. The van der Waals surface area contributed by atoms with Crippen LogP contribution >= 0.6 is 0 Å². The number of imidazole rings is 1. The lowest BCUT2D eigenvalue weighted by atomic mass is 10.5. The van der Waals surface area contributed by atoms with E-state index in [0.717, 1.165) is 0 Å². The van der Waals surface area contributed by atoms with Crippen LogP contribution in [0, 0.1) is 0 Å². The first-order valence-electron chi connectivity index (χ1n) is 1.97. The molecule has 1 N–H and O–H groups in total. The fraction of sp³-hybridized carbons (Fsp3) is 0.250. The van der Waals surface area contributed by atoms with E-state index in [9.17, 15) is 4.39 Å². The maximum atomic E-state index is 11.5. The molecule has 0 aliphatic rings. The van der Waals surface area contributed by atoms with Gasteiger partial charge >= 0.3 is 0 Å². The van der Waals surface area contributed by atoms with Crippen LogP contribution in [-0.2, 0) is 6.67 Å². The Hall–Kier alpha value is -0.860. The van der Waals surface area contributed by atoms with Crippen LogP contribution in [0.15, 0.2) is 12.5 Å². The number of alkyl halides is 1. The minimum atomic E-state index is -0.483. The van der Waals surface area contributed by atoms with Gasteiger partial charge < -0.3 is 4.98 Å². The zero-order chi connectivity index (χ0) is 5.11. The number of H-pyrrole nitrogens is 1. The second-order valence-electron chi connectivity index (χ2n) is 1.19. The number of hydrogen-bond donors (Lipinski definition) is 1. The summed E-state index contributed by atoms with van der Waals surface area (Å²) in [5, 5.41) is 0. The number of hydrogen-bond acceptors (Lipinski definition) is 1. The van der Waals surface area contributed by atoms with Gasteiger partial charge in [-0.25, -0.2) is 9.37 Å². The van der Waals surface area contributed by atoms with Gasteiger partial charge in [-0.2, -0.15) is 0 Å². The van der Waals surface area contributed by atoms with E-state index in [0.29, 0.717) is 5.69 Å². The molecule has 7 heavy (non-hydrogen) atoms. The molecule has 0 aliphatic heterocycles. The Morgan fingerprint density at radius 2 is 2.71 bits per heavy atom. The second kappa shape index (κ2) is 1.73. The molecule has 1 aromatic rings. The van der Waals surface area contributed by atoms with Crippen LogP contribution in [0.25, 0.3) is 0 Å². The van der Waals surface area contributed by atoms with E-state index in [-0.39, 0.29) is 0 Å². The number of halogens is 1. The smallest absolute Gasteiger partial charge is 0.133 e. The minimum Gasteiger partial charge on any atom is -0.351 e. The van der Waals surface area contributed by atoms with Gasteiger partial charge in [-0.3, -0.25) is 0 Å². The molecule has 0 saturated carbocycles. The van der Waals surface area contributed by atoms with Gasteiger partial charge in [-0.05, 0) is 0 Å². The predicted octanol–water partition coefficient (Wildman–Crippen LogP) is 0.879. The lowest BCUT2D eigenvalue weighted by molar-refractivity contribution is 0.477. The van der Waals surface area contributed by atoms with Crippen molar-refractivity contribution >= 4 is 0 Å². The second-order valence-corrected chi connectivity index (χ2v) is 1.19. The molecule has 0 fully saturated rings. The lowest BCUT2D eigenvalue weighted by Crippen LogP contribution is -1.71. The normalized spacial score (nSPS) is 9.29. The maximum absolute atomic E-state index is 11.5. The van der Waals surface area contributed by atoms with Crippen molar-refractivity contribution in [2.75, 3.05) is 0 Å². The van der Waals surface area contributed by atoms with Gasteiger partial charge in [0.1, 0.15) is 6.67 Å². The third-order valence-corrected chi connectivity index (χ3v) is 0.692. The predicted molar refractivity (Wildman–Crippen MR) is 23.4 cm³/mol. The topological polar surface area (TPSA) is 28.7 Å². The molecule has 0 unspecified atom stereocenters. The number of aromatic nitrogens is 2. The van der Waals surface area contributed by atoms with Crippen LogP contribution in [0.1, 0.15) is 5.69 Å². The van der Waals surface area contributed by atoms with Gasteiger partial charge in [-0.15, -0.1) is 0 Å². The summed E-state index contributed by atoms with van der Waals surface area (Å²) in [6.45, 7) is -0.483. The molecule has 0 spiro atoms. The number of rotatable bonds is 1. The fourth-order valence-electron chi connectivity index (χ4n) is 0.364. The summed E-state index contributed by atoms with van der Waals surface area (Å²) in [7, 11) is 0. The quantitative estimate of drug-likeness (QED) is 0.557. The van der Waals surface area contributed by atoms with Gasteiger partial charge in [0.15, 0.2) is 0 Å². The highest BCUT2D eigenvalue weighted by Crippen LogP contribution is 1.90. The molecule has 0 radical (unpaired) electrons. The van der Waals surface area contributed by atoms with Crippen molar-refractivity contribution in [1.29, 1.82) is 0 Å². The third kappa shape index (κ3) is 0.765. The molecule has 1 heterocycles. The Labute approximate surface area is 40.4 Å². The Morgan fingerprint density at radius 3 is 3.00 bits per heavy atom. The first-order valence-corrected chi connectivity index (χ1v) is 1.97. The van der Waals surface area contributed by atoms with Crippen molar-refractivity contribution in [1.82, 2.24) is 9.97 Å². The van der Waals surface area contributed by atoms with Crippen LogP contribution in [0.4, 0.5) is 4.39 Å². The molecule has 0 atom stereocenters. The zero-order valence-corrected chi connectivity index (χ0v) is 3.69. The first kappa shape index (κ1) is 4.30. The van der Waals surface area contributed by atoms with Crippen molar-refractivity contribution < 1.29 is 4.39 Å². The Bertz CT molecular complexity index is 124. The van der Waals surface area contributed by atoms with E-state index in [1.807, 2.05) is 0 Å². The Kier molecular flexibility index (Phi) is 1.06. The fourth-order valence-corrected chi connectivity index (χ4v) is 0.364. The minimum absolute atomic E-state index is 0.458. The van der Waals surface area contributed by atoms with Gasteiger partial charge in [0.25, 0.3) is 0 Å². The van der Waals surface area contributed by atoms with Crippen molar-refractivity contribution in [3.05, 3.63) is 18.2 Å². The summed E-state index contributed by atoms with van der Waals surface area (Å²) in [5.41, 5.74) is 0.458. The summed E-state index contributed by atoms with van der Waals surface area (Å²) in [4.78, 5) is 6.23. The lowest BCUT2D eigenvalue weighted by Gasteiger charge is -1.74. The zero-order valence-electron chi connectivity index (χ0n) is 3.69. The molecule has 3 heteroatoms. The highest BCUT2D eigenvalue weighted by molar-refractivity contribution is 4.90. The van der Waals surface area contributed by atoms with Gasteiger partial charge in [0.2, 0.25) is 0 Å². The molecule has 38 valence electrons. The molecule has 2 nitrogen and oxygen atoms in total. The van der Waals surface area contributed by atoms with Crippen molar-refractivity contribution in [2.45, 2.75) is 6.67 Å². The van der Waals surface area contributed by atoms with Gasteiger partial charge in [-0.1, -0.05) is 0 Å². The summed E-state index contributed by atoms with van der Waals surface area (Å²) < 4.78 is 11.5. The molecule has 0 aromatic carbocycles. The van der Waals surface area contributed by atoms with Crippen molar-refractivity contribution in [2.24, 2.45) is 0 Å². The van der Waals surface area contributed by atoms with E-state index in [1.54, 1.807) is 0 Å². The van der Waals surface area contributed by atoms with E-state index in [1.165, 1.54) is 12.5 Å². The molecule has 0 bridgehead atoms. The van der Waals surface area contributed by atoms with Crippen molar-refractivity contribution in [3.8, 4) is 0 Å². The molecule has 1 aromatic heterocycles. The molecular formula is C4H5FN2. The van der Waals surface area contributed by atoms with E-state index in [4.69, 9.17) is 0 Å². The molecule has 0 saturated heterocycles. The monoisotopic (exact) mass is 100 g/mol. The van der Waals surface area contributed by atoms with Crippen LogP contribution in [0.3, 0.4) is 0 Å². The van der Waals surface area contributed by atoms with Crippen LogP contribution in [0.2, 0.25) is 0 Å². The third-order valence-electron chi connectivity index (χ3n) is 0.692. The summed E-state index contributed by atoms with van der Waals surface area (Å²) in [6.07, 6.45) is 2.98. The van der Waals surface area contributed by atoms with Gasteiger partial charge in [0, 0.05) is 6.20 Å². The molecule has 1 rings (SSSR count). The molecular weight excluding hydrogens is 95.1 g/mol. The van der Waals surface area contributed by atoms with Crippen LogP contribution in [-0.4, -0.2) is 9.97 Å². The number of nitrogens with zero attached hydrogens (tertiary/aromatic N) is 1. The van der Waals surface area contributed by atoms with Gasteiger partial charge in [0.05, 0.1) is 12.0 Å². The standard InChI is InChI=1S/C4H5FN2/c5-1-4-2-6-3-7-4/h2-3H,1H2,(H,6,7). The van der Waals surface area contributed by atoms with E-state index < -0.39 is 6.67 Å². The summed E-state index contributed by atoms with van der Waals surface area (Å²) >= 11 is 0. The highest BCUT2D eigenvalue weighted by atomic mass is 19.1. The van der Waals surface area contributed by atoms with E-state index in [2.05, 4.69) is 9.97 Å². The van der Waals surface area contributed by atoms with Crippen LogP contribution in [0.5, 0.6) is 0 Å². The SMILES string of the molecule is FCc1c[nH]cn1. The van der Waals surface area contributed by atoms with Crippen LogP contribution < -0.4 is 0 Å². The Morgan fingerprint density at radius 1 is 1.86 bits per heavy atom.